The first-order valence-corrected chi connectivity index (χ1v) is 11.0. The van der Waals surface area contributed by atoms with Crippen molar-refractivity contribution in [2.45, 2.75) is 11.8 Å². The Labute approximate surface area is 179 Å². The van der Waals surface area contributed by atoms with Crippen LogP contribution >= 0.6 is 23.2 Å². The van der Waals surface area contributed by atoms with Crippen LogP contribution in [0.3, 0.4) is 0 Å². The van der Waals surface area contributed by atoms with Crippen LogP contribution in [-0.2, 0) is 19.6 Å². The van der Waals surface area contributed by atoms with Crippen LogP contribution in [0.5, 0.6) is 5.75 Å². The molecule has 1 aliphatic rings. The largest absolute Gasteiger partial charge is 0.482 e. The zero-order chi connectivity index (χ0) is 21.0. The maximum Gasteiger partial charge on any atom is 0.262 e. The summed E-state index contributed by atoms with van der Waals surface area (Å²) >= 11 is 12.2. The number of ether oxygens (including phenoxy) is 2. The highest BCUT2D eigenvalue weighted by Gasteiger charge is 2.27. The zero-order valence-corrected chi connectivity index (χ0v) is 18.0. The molecule has 0 atom stereocenters. The van der Waals surface area contributed by atoms with E-state index in [1.54, 1.807) is 18.2 Å². The molecule has 1 heterocycles. The van der Waals surface area contributed by atoms with E-state index in [2.05, 4.69) is 5.32 Å². The van der Waals surface area contributed by atoms with Gasteiger partial charge in [-0.3, -0.25) is 4.79 Å². The van der Waals surface area contributed by atoms with Crippen LogP contribution < -0.4 is 10.1 Å². The molecule has 2 aromatic rings. The lowest BCUT2D eigenvalue weighted by molar-refractivity contribution is -0.118. The Balaban J connectivity index is 1.63. The van der Waals surface area contributed by atoms with Crippen molar-refractivity contribution in [3.05, 3.63) is 52.0 Å². The van der Waals surface area contributed by atoms with Crippen LogP contribution in [-0.4, -0.2) is 51.5 Å². The number of aryl methyl sites for hydroxylation is 1. The van der Waals surface area contributed by atoms with Crippen molar-refractivity contribution in [3.8, 4) is 5.75 Å². The molecule has 156 valence electrons. The monoisotopic (exact) mass is 458 g/mol. The van der Waals surface area contributed by atoms with E-state index in [1.807, 2.05) is 6.92 Å². The van der Waals surface area contributed by atoms with Gasteiger partial charge in [0.1, 0.15) is 5.75 Å². The average Bonchev–Trinajstić information content (AvgIpc) is 2.70. The number of nitrogens with zero attached hydrogens (tertiary/aromatic N) is 1. The SMILES string of the molecule is Cc1ccc(NC(=O)COc2ccc(S(=O)(=O)N3CCOCC3)cc2Cl)cc1Cl. The molecule has 10 heteroatoms. The van der Waals surface area contributed by atoms with Gasteiger partial charge in [0.2, 0.25) is 10.0 Å². The van der Waals surface area contributed by atoms with Gasteiger partial charge in [-0.15, -0.1) is 0 Å². The maximum atomic E-state index is 12.7. The summed E-state index contributed by atoms with van der Waals surface area (Å²) in [6.07, 6.45) is 0. The van der Waals surface area contributed by atoms with E-state index in [9.17, 15) is 13.2 Å². The molecule has 0 aliphatic carbocycles. The number of rotatable bonds is 6. The van der Waals surface area contributed by atoms with Crippen LogP contribution in [0.25, 0.3) is 0 Å². The first kappa shape index (κ1) is 21.9. The number of nitrogens with one attached hydrogen (secondary N) is 1. The number of anilines is 1. The Hall–Kier alpha value is -1.84. The third-order valence-corrected chi connectivity index (χ3v) is 6.92. The fourth-order valence-electron chi connectivity index (χ4n) is 2.71. The highest BCUT2D eigenvalue weighted by molar-refractivity contribution is 7.89. The van der Waals surface area contributed by atoms with Crippen molar-refractivity contribution in [3.63, 3.8) is 0 Å². The fourth-order valence-corrected chi connectivity index (χ4v) is 4.62. The number of carbonyl (C=O) groups is 1. The first-order valence-electron chi connectivity index (χ1n) is 8.83. The number of carbonyl (C=O) groups excluding carboxylic acids is 1. The Kier molecular flexibility index (Phi) is 7.02. The number of morpholine rings is 1. The smallest absolute Gasteiger partial charge is 0.262 e. The lowest BCUT2D eigenvalue weighted by Crippen LogP contribution is -2.40. The van der Waals surface area contributed by atoms with Crippen molar-refractivity contribution in [1.29, 1.82) is 0 Å². The lowest BCUT2D eigenvalue weighted by Gasteiger charge is -2.26. The van der Waals surface area contributed by atoms with E-state index in [0.29, 0.717) is 37.0 Å². The summed E-state index contributed by atoms with van der Waals surface area (Å²) < 4.78 is 37.3. The molecule has 0 aromatic heterocycles. The first-order chi connectivity index (χ1) is 13.8. The molecule has 7 nitrogen and oxygen atoms in total. The predicted octanol–water partition coefficient (Wildman–Crippen LogP) is 3.34. The Morgan fingerprint density at radius 1 is 1.14 bits per heavy atom. The summed E-state index contributed by atoms with van der Waals surface area (Å²) in [4.78, 5) is 12.2. The van der Waals surface area contributed by atoms with Gasteiger partial charge in [0.05, 0.1) is 23.1 Å². The van der Waals surface area contributed by atoms with E-state index < -0.39 is 15.9 Å². The van der Waals surface area contributed by atoms with E-state index in [4.69, 9.17) is 32.7 Å². The van der Waals surface area contributed by atoms with Gasteiger partial charge in [-0.25, -0.2) is 8.42 Å². The van der Waals surface area contributed by atoms with Gasteiger partial charge in [0, 0.05) is 23.8 Å². The lowest BCUT2D eigenvalue weighted by atomic mass is 10.2. The molecular formula is C19H20Cl2N2O5S. The second-order valence-electron chi connectivity index (χ2n) is 6.41. The molecule has 0 spiro atoms. The molecule has 0 unspecified atom stereocenters. The highest BCUT2D eigenvalue weighted by Crippen LogP contribution is 2.29. The van der Waals surface area contributed by atoms with Gasteiger partial charge in [0.25, 0.3) is 5.91 Å². The number of benzene rings is 2. The normalized spacial score (nSPS) is 15.1. The summed E-state index contributed by atoms with van der Waals surface area (Å²) in [5.74, 6) is -0.185. The standard InChI is InChI=1S/C19H20Cl2N2O5S/c1-13-2-3-14(10-16(13)20)22-19(24)12-28-18-5-4-15(11-17(18)21)29(25,26)23-6-8-27-9-7-23/h2-5,10-11H,6-9,12H2,1H3,(H,22,24). The molecule has 2 aromatic carbocycles. The number of sulfonamides is 1. The molecule has 0 saturated carbocycles. The summed E-state index contributed by atoms with van der Waals surface area (Å²) in [7, 11) is -3.66. The van der Waals surface area contributed by atoms with Crippen LogP contribution in [0.15, 0.2) is 41.3 Å². The second-order valence-corrected chi connectivity index (χ2v) is 9.16. The van der Waals surface area contributed by atoms with Gasteiger partial charge in [-0.05, 0) is 42.8 Å². The number of amides is 1. The molecule has 3 rings (SSSR count). The van der Waals surface area contributed by atoms with Crippen LogP contribution in [0.4, 0.5) is 5.69 Å². The molecule has 0 bridgehead atoms. The molecule has 0 radical (unpaired) electrons. The van der Waals surface area contributed by atoms with Gasteiger partial charge in [-0.2, -0.15) is 4.31 Å². The molecule has 1 fully saturated rings. The van der Waals surface area contributed by atoms with Crippen molar-refractivity contribution in [1.82, 2.24) is 4.31 Å². The Morgan fingerprint density at radius 3 is 2.52 bits per heavy atom. The molecular weight excluding hydrogens is 439 g/mol. The summed E-state index contributed by atoms with van der Waals surface area (Å²) in [5.41, 5.74) is 1.45. The molecule has 1 aliphatic heterocycles. The van der Waals surface area contributed by atoms with Gasteiger partial charge in [0.15, 0.2) is 6.61 Å². The van der Waals surface area contributed by atoms with Crippen LogP contribution in [0.1, 0.15) is 5.56 Å². The summed E-state index contributed by atoms with van der Waals surface area (Å²) in [6.45, 7) is 2.87. The maximum absolute atomic E-state index is 12.7. The molecule has 1 saturated heterocycles. The van der Waals surface area contributed by atoms with E-state index in [1.165, 1.54) is 22.5 Å². The summed E-state index contributed by atoms with van der Waals surface area (Å²) in [6, 6.07) is 9.34. The molecule has 1 N–H and O–H groups in total. The predicted molar refractivity (Wildman–Crippen MR) is 111 cm³/mol. The minimum absolute atomic E-state index is 0.0653. The molecule has 1 amide bonds. The van der Waals surface area contributed by atoms with Crippen LogP contribution in [0.2, 0.25) is 10.0 Å². The fraction of sp³-hybridized carbons (Fsp3) is 0.316. The van der Waals surface area contributed by atoms with Gasteiger partial charge < -0.3 is 14.8 Å². The van der Waals surface area contributed by atoms with E-state index in [0.717, 1.165) is 5.56 Å². The van der Waals surface area contributed by atoms with Gasteiger partial charge >= 0.3 is 0 Å². The number of halogens is 2. The van der Waals surface area contributed by atoms with Crippen molar-refractivity contribution < 1.29 is 22.7 Å². The minimum Gasteiger partial charge on any atom is -0.482 e. The molecule has 29 heavy (non-hydrogen) atoms. The third kappa shape index (κ3) is 5.40. The highest BCUT2D eigenvalue weighted by atomic mass is 35.5. The van der Waals surface area contributed by atoms with E-state index in [-0.39, 0.29) is 22.3 Å². The zero-order valence-electron chi connectivity index (χ0n) is 15.7. The topological polar surface area (TPSA) is 84.9 Å². The number of hydrogen-bond donors (Lipinski definition) is 1. The van der Waals surface area contributed by atoms with Crippen molar-refractivity contribution in [2.75, 3.05) is 38.2 Å². The van der Waals surface area contributed by atoms with Crippen molar-refractivity contribution in [2.24, 2.45) is 0 Å². The van der Waals surface area contributed by atoms with Crippen LogP contribution in [0, 0.1) is 6.92 Å². The average molecular weight is 459 g/mol. The second kappa shape index (κ2) is 9.32. The number of hydrogen-bond acceptors (Lipinski definition) is 5. The minimum atomic E-state index is -3.66. The van der Waals surface area contributed by atoms with E-state index >= 15 is 0 Å². The Morgan fingerprint density at radius 2 is 1.86 bits per heavy atom. The quantitative estimate of drug-likeness (QED) is 0.717. The Bertz CT molecular complexity index is 1010. The third-order valence-electron chi connectivity index (χ3n) is 4.33. The van der Waals surface area contributed by atoms with Gasteiger partial charge in [-0.1, -0.05) is 29.3 Å². The summed E-state index contributed by atoms with van der Waals surface area (Å²) in [5, 5.41) is 3.32. The van der Waals surface area contributed by atoms with Crippen molar-refractivity contribution >= 4 is 44.8 Å².